The predicted molar refractivity (Wildman–Crippen MR) is 67.1 cm³/mol. The van der Waals surface area contributed by atoms with Gasteiger partial charge < -0.3 is 14.9 Å². The summed E-state index contributed by atoms with van der Waals surface area (Å²) in [5, 5.41) is 0. The van der Waals surface area contributed by atoms with Crippen molar-refractivity contribution in [2.75, 3.05) is 6.61 Å². The molecule has 2 aromatic rings. The monoisotopic (exact) mass is 244 g/mol. The second kappa shape index (κ2) is 5.67. The fourth-order valence-corrected chi connectivity index (χ4v) is 1.29. The van der Waals surface area contributed by atoms with Crippen molar-refractivity contribution >= 4 is 18.0 Å². The third-order valence-corrected chi connectivity index (χ3v) is 2.11. The molecule has 0 aliphatic rings. The number of nitrogens with zero attached hydrogens (tertiary/aromatic N) is 1. The van der Waals surface area contributed by atoms with Crippen molar-refractivity contribution in [3.05, 3.63) is 48.2 Å². The third-order valence-electron chi connectivity index (χ3n) is 2.11. The van der Waals surface area contributed by atoms with Crippen molar-refractivity contribution in [1.29, 1.82) is 0 Å². The highest BCUT2D eigenvalue weighted by molar-refractivity contribution is 5.81. The molecule has 1 aromatic heterocycles. The zero-order valence-corrected chi connectivity index (χ0v) is 9.58. The molecule has 1 heterocycles. The smallest absolute Gasteiger partial charge is 0.255 e. The van der Waals surface area contributed by atoms with Crippen LogP contribution in [0, 0.1) is 0 Å². The van der Waals surface area contributed by atoms with Crippen LogP contribution in [-0.4, -0.2) is 18.7 Å². The fourth-order valence-electron chi connectivity index (χ4n) is 1.29. The normalized spacial score (nSPS) is 10.7. The summed E-state index contributed by atoms with van der Waals surface area (Å²) in [7, 11) is 0. The topological polar surface area (TPSA) is 77.8 Å². The van der Waals surface area contributed by atoms with Crippen LogP contribution in [0.2, 0.25) is 0 Å². The predicted octanol–water partition coefficient (Wildman–Crippen LogP) is 1.89. The van der Waals surface area contributed by atoms with Crippen molar-refractivity contribution in [3.8, 4) is 5.75 Å². The maximum Gasteiger partial charge on any atom is 0.255 e. The molecule has 0 saturated carbocycles. The molecule has 2 N–H and O–H groups in total. The van der Waals surface area contributed by atoms with Crippen molar-refractivity contribution < 1.29 is 13.9 Å². The number of amides is 1. The van der Waals surface area contributed by atoms with Gasteiger partial charge in [0.15, 0.2) is 6.61 Å². The first kappa shape index (κ1) is 11.9. The molecule has 18 heavy (non-hydrogen) atoms. The average Bonchev–Trinajstić information content (AvgIpc) is 2.88. The van der Waals surface area contributed by atoms with Gasteiger partial charge in [-0.2, -0.15) is 0 Å². The average molecular weight is 244 g/mol. The van der Waals surface area contributed by atoms with E-state index in [1.807, 2.05) is 12.1 Å². The third kappa shape index (κ3) is 3.48. The Balaban J connectivity index is 1.97. The number of hydrogen-bond acceptors (Lipinski definition) is 4. The van der Waals surface area contributed by atoms with E-state index < -0.39 is 5.91 Å². The lowest BCUT2D eigenvalue weighted by atomic mass is 10.2. The van der Waals surface area contributed by atoms with Crippen LogP contribution in [0.1, 0.15) is 5.56 Å². The lowest BCUT2D eigenvalue weighted by Gasteiger charge is -2.02. The van der Waals surface area contributed by atoms with Gasteiger partial charge in [-0.15, -0.1) is 0 Å². The van der Waals surface area contributed by atoms with Crippen molar-refractivity contribution in [2.24, 2.45) is 10.7 Å². The Morgan fingerprint density at radius 1 is 1.33 bits per heavy atom. The zero-order valence-electron chi connectivity index (χ0n) is 9.58. The highest BCUT2D eigenvalue weighted by atomic mass is 16.5. The van der Waals surface area contributed by atoms with Crippen molar-refractivity contribution in [1.82, 2.24) is 0 Å². The quantitative estimate of drug-likeness (QED) is 0.816. The summed E-state index contributed by atoms with van der Waals surface area (Å²) in [4.78, 5) is 14.7. The highest BCUT2D eigenvalue weighted by Crippen LogP contribution is 2.13. The van der Waals surface area contributed by atoms with Crippen LogP contribution in [0.15, 0.2) is 52.1 Å². The number of aliphatic imine (C=N–C) groups is 1. The second-order valence-corrected chi connectivity index (χ2v) is 3.53. The summed E-state index contributed by atoms with van der Waals surface area (Å²) >= 11 is 0. The van der Waals surface area contributed by atoms with E-state index in [2.05, 4.69) is 4.99 Å². The number of rotatable bonds is 5. The molecule has 0 radical (unpaired) electrons. The second-order valence-electron chi connectivity index (χ2n) is 3.53. The first-order chi connectivity index (χ1) is 8.74. The van der Waals surface area contributed by atoms with Crippen LogP contribution in [0.4, 0.5) is 5.88 Å². The lowest BCUT2D eigenvalue weighted by molar-refractivity contribution is -0.119. The first-order valence-electron chi connectivity index (χ1n) is 5.33. The largest absolute Gasteiger partial charge is 0.484 e. The first-order valence-corrected chi connectivity index (χ1v) is 5.33. The van der Waals surface area contributed by atoms with Gasteiger partial charge in [-0.25, -0.2) is 4.99 Å². The molecule has 5 nitrogen and oxygen atoms in total. The maximum atomic E-state index is 10.5. The summed E-state index contributed by atoms with van der Waals surface area (Å²) < 4.78 is 10.2. The Kier molecular flexibility index (Phi) is 3.76. The molecule has 2 rings (SSSR count). The molecule has 92 valence electrons. The number of carbonyl (C=O) groups is 1. The summed E-state index contributed by atoms with van der Waals surface area (Å²) in [5.41, 5.74) is 5.88. The molecule has 0 unspecified atom stereocenters. The summed E-state index contributed by atoms with van der Waals surface area (Å²) in [6.07, 6.45) is 3.24. The Hall–Kier alpha value is -2.56. The van der Waals surface area contributed by atoms with E-state index in [1.165, 1.54) is 0 Å². The summed E-state index contributed by atoms with van der Waals surface area (Å²) in [6.45, 7) is -0.125. The van der Waals surface area contributed by atoms with Gasteiger partial charge in [0, 0.05) is 12.3 Å². The molecule has 0 aliphatic carbocycles. The van der Waals surface area contributed by atoms with Gasteiger partial charge in [-0.3, -0.25) is 4.79 Å². The number of nitrogens with two attached hydrogens (primary N) is 1. The van der Waals surface area contributed by atoms with E-state index in [1.54, 1.807) is 36.7 Å². The molecule has 0 bridgehead atoms. The Morgan fingerprint density at radius 3 is 2.72 bits per heavy atom. The molecule has 0 spiro atoms. The zero-order chi connectivity index (χ0) is 12.8. The Morgan fingerprint density at radius 2 is 2.11 bits per heavy atom. The fraction of sp³-hybridized carbons (Fsp3) is 0.0769. The van der Waals surface area contributed by atoms with Gasteiger partial charge in [0.05, 0.1) is 6.26 Å². The molecular weight excluding hydrogens is 232 g/mol. The van der Waals surface area contributed by atoms with Crippen molar-refractivity contribution in [3.63, 3.8) is 0 Å². The van der Waals surface area contributed by atoms with Crippen LogP contribution in [-0.2, 0) is 4.79 Å². The van der Waals surface area contributed by atoms with Gasteiger partial charge in [-0.05, 0) is 35.9 Å². The van der Waals surface area contributed by atoms with Gasteiger partial charge in [0.2, 0.25) is 5.88 Å². The molecule has 0 fully saturated rings. The molecule has 0 atom stereocenters. The number of benzene rings is 1. The molecule has 5 heteroatoms. The lowest BCUT2D eigenvalue weighted by Crippen LogP contribution is -2.19. The summed E-state index contributed by atoms with van der Waals surface area (Å²) in [6, 6.07) is 10.7. The van der Waals surface area contributed by atoms with E-state index in [4.69, 9.17) is 14.9 Å². The van der Waals surface area contributed by atoms with Gasteiger partial charge in [0.25, 0.3) is 5.91 Å². The minimum Gasteiger partial charge on any atom is -0.484 e. The van der Waals surface area contributed by atoms with E-state index in [9.17, 15) is 4.79 Å². The molecule has 0 saturated heterocycles. The van der Waals surface area contributed by atoms with Crippen LogP contribution in [0.25, 0.3) is 0 Å². The SMILES string of the molecule is NC(=O)COc1ccc(C=Nc2ccco2)cc1. The van der Waals surface area contributed by atoms with Crippen LogP contribution >= 0.6 is 0 Å². The van der Waals surface area contributed by atoms with Gasteiger partial charge in [0.1, 0.15) is 5.75 Å². The number of hydrogen-bond donors (Lipinski definition) is 1. The molecule has 1 aromatic carbocycles. The highest BCUT2D eigenvalue weighted by Gasteiger charge is 1.97. The summed E-state index contributed by atoms with van der Waals surface area (Å²) in [5.74, 6) is 0.631. The van der Waals surface area contributed by atoms with E-state index in [-0.39, 0.29) is 6.61 Å². The van der Waals surface area contributed by atoms with E-state index in [0.29, 0.717) is 11.6 Å². The number of furan rings is 1. The molecule has 0 aliphatic heterocycles. The van der Waals surface area contributed by atoms with Crippen molar-refractivity contribution in [2.45, 2.75) is 0 Å². The van der Waals surface area contributed by atoms with Crippen LogP contribution < -0.4 is 10.5 Å². The number of ether oxygens (including phenoxy) is 1. The molecule has 1 amide bonds. The minimum absolute atomic E-state index is 0.125. The number of primary amides is 1. The Bertz CT molecular complexity index is 530. The standard InChI is InChI=1S/C13H12N2O3/c14-12(16)9-18-11-5-3-10(4-6-11)8-15-13-2-1-7-17-13/h1-8H,9H2,(H2,14,16). The van der Waals surface area contributed by atoms with Crippen LogP contribution in [0.5, 0.6) is 5.75 Å². The van der Waals surface area contributed by atoms with E-state index >= 15 is 0 Å². The minimum atomic E-state index is -0.501. The maximum absolute atomic E-state index is 10.5. The van der Waals surface area contributed by atoms with E-state index in [0.717, 1.165) is 5.56 Å². The Labute approximate surface area is 104 Å². The van der Waals surface area contributed by atoms with Gasteiger partial charge in [-0.1, -0.05) is 0 Å². The van der Waals surface area contributed by atoms with Crippen LogP contribution in [0.3, 0.4) is 0 Å². The van der Waals surface area contributed by atoms with Gasteiger partial charge >= 0.3 is 0 Å². The molecular formula is C13H12N2O3. The number of carbonyl (C=O) groups excluding carboxylic acids is 1.